The molecule has 4 aliphatic heterocycles. The first-order valence-corrected chi connectivity index (χ1v) is 13.3. The van der Waals surface area contributed by atoms with Crippen molar-refractivity contribution in [3.05, 3.63) is 60.2 Å². The van der Waals surface area contributed by atoms with Gasteiger partial charge in [0.15, 0.2) is 0 Å². The fourth-order valence-electron chi connectivity index (χ4n) is 6.83. The Morgan fingerprint density at radius 2 is 1.70 bits per heavy atom. The number of hydrogen-bond donors (Lipinski definition) is 1. The molecule has 1 aromatic carbocycles. The second kappa shape index (κ2) is 9.40. The summed E-state index contributed by atoms with van der Waals surface area (Å²) in [5, 5.41) is 10.6. The van der Waals surface area contributed by atoms with Gasteiger partial charge in [-0.15, -0.1) is 0 Å². The van der Waals surface area contributed by atoms with Crippen LogP contribution in [0.2, 0.25) is 0 Å². The molecule has 0 bridgehead atoms. The summed E-state index contributed by atoms with van der Waals surface area (Å²) in [6.07, 6.45) is 8.50. The second-order valence-electron chi connectivity index (χ2n) is 11.0. The zero-order chi connectivity index (χ0) is 26.5. The number of rotatable bonds is 6. The Morgan fingerprint density at radius 3 is 2.35 bits per heavy atom. The molecule has 3 amide bonds. The van der Waals surface area contributed by atoms with Crippen molar-refractivity contribution < 1.29 is 24.2 Å². The number of fused-ring (bicyclic) bond motifs is 2. The van der Waals surface area contributed by atoms with E-state index in [9.17, 15) is 19.5 Å². The number of aliphatic hydroxyl groups is 1. The maximum atomic E-state index is 14.5. The van der Waals surface area contributed by atoms with Crippen molar-refractivity contribution in [3.8, 4) is 0 Å². The highest BCUT2D eigenvalue weighted by atomic mass is 16.5. The van der Waals surface area contributed by atoms with Gasteiger partial charge in [0.2, 0.25) is 17.7 Å². The fraction of sp³-hybridized carbons (Fsp3) is 0.552. The summed E-state index contributed by atoms with van der Waals surface area (Å²) in [6.45, 7) is 6.37. The van der Waals surface area contributed by atoms with Gasteiger partial charge < -0.3 is 24.5 Å². The first kappa shape index (κ1) is 25.7. The molecule has 8 nitrogen and oxygen atoms in total. The highest BCUT2D eigenvalue weighted by Crippen LogP contribution is 2.59. The SMILES string of the molecule is CC[C@]12C=CCN(C)C(=O)[C@H]1[C@H]1C(=O)N([C@@H](CO)Cc3ccccc3)C3C(=O)N(C(C)C)CC=C[C@@]31O2. The smallest absolute Gasteiger partial charge is 0.249 e. The molecule has 0 aliphatic carbocycles. The number of carbonyl (C=O) groups excluding carboxylic acids is 3. The van der Waals surface area contributed by atoms with Gasteiger partial charge in [-0.1, -0.05) is 61.6 Å². The highest BCUT2D eigenvalue weighted by Gasteiger charge is 2.75. The third-order valence-corrected chi connectivity index (χ3v) is 8.65. The quantitative estimate of drug-likeness (QED) is 0.593. The molecule has 2 saturated heterocycles. The summed E-state index contributed by atoms with van der Waals surface area (Å²) >= 11 is 0. The van der Waals surface area contributed by atoms with Crippen LogP contribution in [-0.4, -0.2) is 93.6 Å². The average Bonchev–Trinajstić information content (AvgIpc) is 3.19. The molecule has 8 heteroatoms. The summed E-state index contributed by atoms with van der Waals surface area (Å²) in [4.78, 5) is 47.5. The van der Waals surface area contributed by atoms with Crippen LogP contribution < -0.4 is 0 Å². The average molecular weight is 508 g/mol. The van der Waals surface area contributed by atoms with Crippen LogP contribution in [0.15, 0.2) is 54.6 Å². The number of aliphatic hydroxyl groups excluding tert-OH is 1. The zero-order valence-corrected chi connectivity index (χ0v) is 22.0. The van der Waals surface area contributed by atoms with E-state index in [-0.39, 0.29) is 30.4 Å². The van der Waals surface area contributed by atoms with Crippen LogP contribution in [0.4, 0.5) is 0 Å². The number of amides is 3. The summed E-state index contributed by atoms with van der Waals surface area (Å²) in [5.74, 6) is -2.31. The molecule has 37 heavy (non-hydrogen) atoms. The van der Waals surface area contributed by atoms with Gasteiger partial charge in [-0.3, -0.25) is 14.4 Å². The Kier molecular flexibility index (Phi) is 6.52. The van der Waals surface area contributed by atoms with E-state index < -0.39 is 35.1 Å². The lowest BCUT2D eigenvalue weighted by Gasteiger charge is -2.41. The third-order valence-electron chi connectivity index (χ3n) is 8.65. The summed E-state index contributed by atoms with van der Waals surface area (Å²) in [7, 11) is 1.73. The number of carbonyl (C=O) groups is 3. The molecule has 4 aliphatic rings. The molecule has 1 spiro atoms. The molecule has 1 N–H and O–H groups in total. The minimum atomic E-state index is -1.30. The van der Waals surface area contributed by atoms with E-state index in [2.05, 4.69) is 0 Å². The van der Waals surface area contributed by atoms with E-state index in [0.717, 1.165) is 5.56 Å². The topological polar surface area (TPSA) is 90.4 Å². The van der Waals surface area contributed by atoms with Crippen LogP contribution >= 0.6 is 0 Å². The van der Waals surface area contributed by atoms with Crippen molar-refractivity contribution in [1.82, 2.24) is 14.7 Å². The second-order valence-corrected chi connectivity index (χ2v) is 11.0. The predicted molar refractivity (Wildman–Crippen MR) is 138 cm³/mol. The molecule has 0 aromatic heterocycles. The minimum Gasteiger partial charge on any atom is -0.394 e. The Morgan fingerprint density at radius 1 is 1.00 bits per heavy atom. The fourth-order valence-corrected chi connectivity index (χ4v) is 6.83. The van der Waals surface area contributed by atoms with Crippen LogP contribution in [-0.2, 0) is 25.5 Å². The van der Waals surface area contributed by atoms with Crippen molar-refractivity contribution in [2.24, 2.45) is 11.8 Å². The first-order chi connectivity index (χ1) is 17.7. The molecular weight excluding hydrogens is 470 g/mol. The molecule has 5 rings (SSSR count). The molecule has 1 unspecified atom stereocenters. The molecular formula is C29H37N3O5. The van der Waals surface area contributed by atoms with Crippen LogP contribution in [0.25, 0.3) is 0 Å². The zero-order valence-electron chi connectivity index (χ0n) is 22.0. The largest absolute Gasteiger partial charge is 0.394 e. The van der Waals surface area contributed by atoms with Crippen molar-refractivity contribution in [2.45, 2.75) is 62.9 Å². The number of hydrogen-bond acceptors (Lipinski definition) is 5. The van der Waals surface area contributed by atoms with Crippen LogP contribution in [0.3, 0.4) is 0 Å². The van der Waals surface area contributed by atoms with Crippen molar-refractivity contribution in [1.29, 1.82) is 0 Å². The molecule has 0 saturated carbocycles. The van der Waals surface area contributed by atoms with Gasteiger partial charge in [-0.05, 0) is 32.3 Å². The van der Waals surface area contributed by atoms with Crippen LogP contribution in [0.1, 0.15) is 32.8 Å². The van der Waals surface area contributed by atoms with Gasteiger partial charge in [-0.2, -0.15) is 0 Å². The molecule has 198 valence electrons. The number of benzene rings is 1. The van der Waals surface area contributed by atoms with Crippen LogP contribution in [0, 0.1) is 11.8 Å². The van der Waals surface area contributed by atoms with Gasteiger partial charge in [0.05, 0.1) is 30.1 Å². The van der Waals surface area contributed by atoms with Gasteiger partial charge in [0.25, 0.3) is 0 Å². The van der Waals surface area contributed by atoms with Crippen LogP contribution in [0.5, 0.6) is 0 Å². The molecule has 2 fully saturated rings. The maximum absolute atomic E-state index is 14.5. The van der Waals surface area contributed by atoms with E-state index >= 15 is 0 Å². The number of nitrogens with zero attached hydrogens (tertiary/aromatic N) is 3. The molecule has 6 atom stereocenters. The van der Waals surface area contributed by atoms with Gasteiger partial charge in [0, 0.05) is 26.2 Å². The van der Waals surface area contributed by atoms with Gasteiger partial charge >= 0.3 is 0 Å². The number of likely N-dealkylation sites (tertiary alicyclic amines) is 1. The standard InChI is InChI=1S/C29H37N3O5/c1-5-28-13-9-15-30(4)25(34)22(28)23-26(35)32(21(18-33)17-20-11-7-6-8-12-20)24-27(36)31(19(2)3)16-10-14-29(23,24)37-28/h6-14,19,21-24,33H,5,15-18H2,1-4H3/t21-,22-,23+,24?,28+,29+/m1/s1. The highest BCUT2D eigenvalue weighted by molar-refractivity contribution is 6.00. The van der Waals surface area contributed by atoms with Crippen molar-refractivity contribution in [2.75, 3.05) is 26.7 Å². The monoisotopic (exact) mass is 507 g/mol. The van der Waals surface area contributed by atoms with E-state index in [1.165, 1.54) is 0 Å². The summed E-state index contributed by atoms with van der Waals surface area (Å²) in [5.41, 5.74) is -1.34. The number of likely N-dealkylation sites (N-methyl/N-ethyl adjacent to an activating group) is 1. The van der Waals surface area contributed by atoms with Gasteiger partial charge in [-0.25, -0.2) is 0 Å². The van der Waals surface area contributed by atoms with Gasteiger partial charge in [0.1, 0.15) is 11.6 Å². The predicted octanol–water partition coefficient (Wildman–Crippen LogP) is 1.79. The Hall–Kier alpha value is -2.97. The lowest BCUT2D eigenvalue weighted by Crippen LogP contribution is -2.60. The summed E-state index contributed by atoms with van der Waals surface area (Å²) in [6, 6.07) is 7.93. The van der Waals surface area contributed by atoms with Crippen molar-refractivity contribution >= 4 is 17.7 Å². The number of ether oxygens (including phenoxy) is 1. The lowest BCUT2D eigenvalue weighted by molar-refractivity contribution is -0.157. The molecule has 4 heterocycles. The Balaban J connectivity index is 1.68. The minimum absolute atomic E-state index is 0.0929. The van der Waals surface area contributed by atoms with E-state index in [1.807, 2.05) is 75.4 Å². The van der Waals surface area contributed by atoms with E-state index in [4.69, 9.17) is 4.74 Å². The molecule has 1 aromatic rings. The Bertz CT molecular complexity index is 1130. The first-order valence-electron chi connectivity index (χ1n) is 13.3. The van der Waals surface area contributed by atoms with E-state index in [1.54, 1.807) is 21.7 Å². The molecule has 0 radical (unpaired) electrons. The lowest BCUT2D eigenvalue weighted by atomic mass is 9.73. The van der Waals surface area contributed by atoms with Crippen molar-refractivity contribution in [3.63, 3.8) is 0 Å². The summed E-state index contributed by atoms with van der Waals surface area (Å²) < 4.78 is 6.93. The maximum Gasteiger partial charge on any atom is 0.249 e. The normalized spacial score (nSPS) is 33.9. The third kappa shape index (κ3) is 3.76. The van der Waals surface area contributed by atoms with E-state index in [0.29, 0.717) is 25.9 Å². The Labute approximate surface area is 218 Å².